The summed E-state index contributed by atoms with van der Waals surface area (Å²) in [5.74, 6) is 0. The molecule has 0 amide bonds. The van der Waals surface area contributed by atoms with Gasteiger partial charge in [0.2, 0.25) is 0 Å². The predicted octanol–water partition coefficient (Wildman–Crippen LogP) is 2.81. The Morgan fingerprint density at radius 2 is 2.08 bits per heavy atom. The maximum atomic E-state index is 3.80. The minimum Gasteiger partial charge on any atom is -0.296 e. The third-order valence-corrected chi connectivity index (χ3v) is 2.93. The van der Waals surface area contributed by atoms with E-state index in [0.29, 0.717) is 0 Å². The molecule has 0 aromatic carbocycles. The molecular weight excluding hydrogens is 214 g/mol. The molecule has 0 spiro atoms. The smallest absolute Gasteiger partial charge is 0.0163 e. The first-order chi connectivity index (χ1) is 5.88. The summed E-state index contributed by atoms with van der Waals surface area (Å²) in [6.07, 6.45) is 7.63. The molecule has 1 aliphatic carbocycles. The third kappa shape index (κ3) is 2.91. The highest BCUT2D eigenvalue weighted by molar-refractivity contribution is 9.09. The molecule has 0 aliphatic heterocycles. The van der Waals surface area contributed by atoms with Crippen LogP contribution in [0.25, 0.3) is 0 Å². The van der Waals surface area contributed by atoms with Crippen LogP contribution in [-0.4, -0.2) is 29.4 Å². The highest BCUT2D eigenvalue weighted by Crippen LogP contribution is 2.23. The molecule has 70 valence electrons. The van der Waals surface area contributed by atoms with E-state index < -0.39 is 0 Å². The van der Waals surface area contributed by atoms with Crippen molar-refractivity contribution >= 4 is 15.9 Å². The second-order valence-corrected chi connectivity index (χ2v) is 4.20. The SMILES string of the molecule is C=CCN(CCBr)C1CCCC1. The van der Waals surface area contributed by atoms with Crippen LogP contribution in [0.15, 0.2) is 12.7 Å². The molecule has 0 N–H and O–H groups in total. The molecule has 1 nitrogen and oxygen atoms in total. The van der Waals surface area contributed by atoms with Crippen LogP contribution < -0.4 is 0 Å². The molecule has 0 saturated heterocycles. The van der Waals surface area contributed by atoms with Gasteiger partial charge in [0.1, 0.15) is 0 Å². The summed E-state index contributed by atoms with van der Waals surface area (Å²) in [6.45, 7) is 6.01. The quantitative estimate of drug-likeness (QED) is 0.520. The molecule has 1 aliphatic rings. The van der Waals surface area contributed by atoms with E-state index in [2.05, 4.69) is 27.4 Å². The van der Waals surface area contributed by atoms with E-state index >= 15 is 0 Å². The van der Waals surface area contributed by atoms with Crippen molar-refractivity contribution in [2.75, 3.05) is 18.4 Å². The summed E-state index contributed by atoms with van der Waals surface area (Å²) in [7, 11) is 0. The zero-order valence-corrected chi connectivity index (χ0v) is 9.22. The molecule has 0 bridgehead atoms. The first-order valence-electron chi connectivity index (χ1n) is 4.79. The highest BCUT2D eigenvalue weighted by atomic mass is 79.9. The first kappa shape index (κ1) is 10.3. The van der Waals surface area contributed by atoms with E-state index in [1.54, 1.807) is 0 Å². The molecule has 1 rings (SSSR count). The van der Waals surface area contributed by atoms with Crippen molar-refractivity contribution in [3.05, 3.63) is 12.7 Å². The van der Waals surface area contributed by atoms with Crippen LogP contribution in [0.2, 0.25) is 0 Å². The Morgan fingerprint density at radius 1 is 1.42 bits per heavy atom. The lowest BCUT2D eigenvalue weighted by Crippen LogP contribution is -2.34. The standard InChI is InChI=1S/C10H18BrN/c1-2-8-12(9-7-11)10-5-3-4-6-10/h2,10H,1,3-9H2. The van der Waals surface area contributed by atoms with Gasteiger partial charge >= 0.3 is 0 Å². The van der Waals surface area contributed by atoms with Gasteiger partial charge < -0.3 is 0 Å². The Hall–Kier alpha value is 0.180. The van der Waals surface area contributed by atoms with E-state index in [1.807, 2.05) is 6.08 Å². The average molecular weight is 232 g/mol. The second kappa shape index (κ2) is 5.76. The molecule has 1 saturated carbocycles. The van der Waals surface area contributed by atoms with E-state index in [9.17, 15) is 0 Å². The molecule has 0 unspecified atom stereocenters. The summed E-state index contributed by atoms with van der Waals surface area (Å²) in [4.78, 5) is 2.54. The fourth-order valence-electron chi connectivity index (χ4n) is 1.97. The molecule has 0 radical (unpaired) electrons. The number of nitrogens with zero attached hydrogens (tertiary/aromatic N) is 1. The minimum absolute atomic E-state index is 0.834. The Balaban J connectivity index is 2.33. The average Bonchev–Trinajstić information content (AvgIpc) is 2.56. The zero-order chi connectivity index (χ0) is 8.81. The number of alkyl halides is 1. The Bertz CT molecular complexity index is 130. The maximum absolute atomic E-state index is 3.80. The van der Waals surface area contributed by atoms with Gasteiger partial charge in [0.05, 0.1) is 0 Å². The number of hydrogen-bond donors (Lipinski definition) is 0. The monoisotopic (exact) mass is 231 g/mol. The summed E-state index contributed by atoms with van der Waals surface area (Å²) < 4.78 is 0. The van der Waals surface area contributed by atoms with Crippen LogP contribution in [0, 0.1) is 0 Å². The highest BCUT2D eigenvalue weighted by Gasteiger charge is 2.20. The summed E-state index contributed by atoms with van der Waals surface area (Å²) in [5.41, 5.74) is 0. The lowest BCUT2D eigenvalue weighted by atomic mass is 10.2. The number of hydrogen-bond acceptors (Lipinski definition) is 1. The Kier molecular flexibility index (Phi) is 4.93. The van der Waals surface area contributed by atoms with Crippen LogP contribution in [0.5, 0.6) is 0 Å². The topological polar surface area (TPSA) is 3.24 Å². The van der Waals surface area contributed by atoms with Crippen molar-refractivity contribution in [1.82, 2.24) is 4.90 Å². The van der Waals surface area contributed by atoms with E-state index in [4.69, 9.17) is 0 Å². The van der Waals surface area contributed by atoms with Gasteiger partial charge in [-0.05, 0) is 12.8 Å². The van der Waals surface area contributed by atoms with Crippen molar-refractivity contribution in [1.29, 1.82) is 0 Å². The fourth-order valence-corrected chi connectivity index (χ4v) is 2.42. The van der Waals surface area contributed by atoms with Crippen molar-refractivity contribution < 1.29 is 0 Å². The van der Waals surface area contributed by atoms with Crippen LogP contribution >= 0.6 is 15.9 Å². The van der Waals surface area contributed by atoms with Crippen molar-refractivity contribution in [3.63, 3.8) is 0 Å². The Labute approximate surface area is 84.0 Å². The molecule has 2 heteroatoms. The normalized spacial score (nSPS) is 18.8. The molecule has 0 aromatic heterocycles. The van der Waals surface area contributed by atoms with E-state index in [0.717, 1.165) is 24.5 Å². The van der Waals surface area contributed by atoms with Gasteiger partial charge in [-0.1, -0.05) is 34.8 Å². The minimum atomic E-state index is 0.834. The lowest BCUT2D eigenvalue weighted by molar-refractivity contribution is 0.234. The lowest BCUT2D eigenvalue weighted by Gasteiger charge is -2.26. The van der Waals surface area contributed by atoms with E-state index in [-0.39, 0.29) is 0 Å². The molecule has 1 fully saturated rings. The van der Waals surface area contributed by atoms with Crippen molar-refractivity contribution in [2.45, 2.75) is 31.7 Å². The summed E-state index contributed by atoms with van der Waals surface area (Å²) in [5, 5.41) is 1.08. The molecule has 0 heterocycles. The van der Waals surface area contributed by atoms with Crippen LogP contribution in [0.1, 0.15) is 25.7 Å². The van der Waals surface area contributed by atoms with Crippen LogP contribution in [-0.2, 0) is 0 Å². The molecular formula is C10H18BrN. The fraction of sp³-hybridized carbons (Fsp3) is 0.800. The van der Waals surface area contributed by atoms with Gasteiger partial charge in [-0.25, -0.2) is 0 Å². The second-order valence-electron chi connectivity index (χ2n) is 3.41. The van der Waals surface area contributed by atoms with Gasteiger partial charge in [-0.2, -0.15) is 0 Å². The van der Waals surface area contributed by atoms with Gasteiger partial charge in [-0.15, -0.1) is 6.58 Å². The largest absolute Gasteiger partial charge is 0.296 e. The summed E-state index contributed by atoms with van der Waals surface area (Å²) >= 11 is 3.49. The van der Waals surface area contributed by atoms with Gasteiger partial charge in [0.25, 0.3) is 0 Å². The number of rotatable bonds is 5. The molecule has 0 atom stereocenters. The van der Waals surface area contributed by atoms with E-state index in [1.165, 1.54) is 25.7 Å². The maximum Gasteiger partial charge on any atom is 0.0163 e. The van der Waals surface area contributed by atoms with Gasteiger partial charge in [-0.3, -0.25) is 4.90 Å². The zero-order valence-electron chi connectivity index (χ0n) is 7.64. The van der Waals surface area contributed by atoms with Gasteiger partial charge in [0, 0.05) is 24.5 Å². The first-order valence-corrected chi connectivity index (χ1v) is 5.91. The predicted molar refractivity (Wildman–Crippen MR) is 57.8 cm³/mol. The third-order valence-electron chi connectivity index (χ3n) is 2.58. The Morgan fingerprint density at radius 3 is 2.58 bits per heavy atom. The van der Waals surface area contributed by atoms with Crippen molar-refractivity contribution in [2.24, 2.45) is 0 Å². The summed E-state index contributed by atoms with van der Waals surface area (Å²) in [6, 6.07) is 0.834. The van der Waals surface area contributed by atoms with Gasteiger partial charge in [0.15, 0.2) is 0 Å². The van der Waals surface area contributed by atoms with Crippen molar-refractivity contribution in [3.8, 4) is 0 Å². The van der Waals surface area contributed by atoms with Crippen LogP contribution in [0.3, 0.4) is 0 Å². The van der Waals surface area contributed by atoms with Crippen LogP contribution in [0.4, 0.5) is 0 Å². The number of halogens is 1. The molecule has 0 aromatic rings. The molecule has 12 heavy (non-hydrogen) atoms.